The molecule has 1 fully saturated rings. The lowest BCUT2D eigenvalue weighted by Gasteiger charge is -2.45. The first-order valence-corrected chi connectivity index (χ1v) is 11.3. The molecule has 0 bridgehead atoms. The highest BCUT2D eigenvalue weighted by Gasteiger charge is 2.41. The number of ether oxygens (including phenoxy) is 3. The summed E-state index contributed by atoms with van der Waals surface area (Å²) < 4.78 is 15.8. The van der Waals surface area contributed by atoms with Gasteiger partial charge in [-0.1, -0.05) is 12.1 Å². The molecule has 8 nitrogen and oxygen atoms in total. The number of carbonyl (C=O) groups excluding carboxylic acids is 1. The Bertz CT molecular complexity index is 1010. The molecule has 33 heavy (non-hydrogen) atoms. The van der Waals surface area contributed by atoms with Gasteiger partial charge in [-0.3, -0.25) is 10.3 Å². The summed E-state index contributed by atoms with van der Waals surface area (Å²) in [5.74, 6) is 1.36. The van der Waals surface area contributed by atoms with Crippen LogP contribution in [0.3, 0.4) is 0 Å². The number of carbonyl (C=O) groups is 1. The molecule has 2 aliphatic heterocycles. The van der Waals surface area contributed by atoms with Gasteiger partial charge in [-0.25, -0.2) is 4.79 Å². The number of aliphatic imine (C=N–C) groups is 1. The van der Waals surface area contributed by atoms with Crippen molar-refractivity contribution in [2.24, 2.45) is 4.99 Å². The molecule has 1 atom stereocenters. The minimum atomic E-state index is -0.545. The summed E-state index contributed by atoms with van der Waals surface area (Å²) in [6.07, 6.45) is 1.61. The number of amides is 1. The molecule has 0 radical (unpaired) electrons. The molecule has 1 spiro atoms. The van der Waals surface area contributed by atoms with Gasteiger partial charge in [0.2, 0.25) is 0 Å². The zero-order chi connectivity index (χ0) is 23.4. The molecule has 2 aromatic rings. The van der Waals surface area contributed by atoms with Crippen molar-refractivity contribution >= 4 is 11.8 Å². The van der Waals surface area contributed by atoms with E-state index in [1.165, 1.54) is 0 Å². The monoisotopic (exact) mass is 453 g/mol. The second-order valence-corrected chi connectivity index (χ2v) is 8.30. The highest BCUT2D eigenvalue weighted by atomic mass is 16.6. The predicted molar refractivity (Wildman–Crippen MR) is 125 cm³/mol. The lowest BCUT2D eigenvalue weighted by atomic mass is 9.87. The maximum absolute atomic E-state index is 12.2. The van der Waals surface area contributed by atoms with Crippen molar-refractivity contribution in [1.82, 2.24) is 10.2 Å². The molecule has 176 valence electrons. The number of rotatable bonds is 5. The van der Waals surface area contributed by atoms with E-state index in [0.29, 0.717) is 44.7 Å². The van der Waals surface area contributed by atoms with Gasteiger partial charge in [0, 0.05) is 49.7 Å². The number of hydrogen-bond donors (Lipinski definition) is 2. The molecule has 2 N–H and O–H groups in total. The lowest BCUT2D eigenvalue weighted by molar-refractivity contribution is 0.0778. The fraction of sp³-hybridized carbons (Fsp3) is 0.440. The number of aromatic hydroxyl groups is 1. The van der Waals surface area contributed by atoms with E-state index < -0.39 is 5.66 Å². The number of nitrogens with one attached hydrogen (secondary N) is 1. The smallest absolute Gasteiger partial charge is 0.409 e. The zero-order valence-electron chi connectivity index (χ0n) is 19.3. The van der Waals surface area contributed by atoms with E-state index in [9.17, 15) is 9.90 Å². The maximum atomic E-state index is 12.2. The van der Waals surface area contributed by atoms with Crippen molar-refractivity contribution in [1.29, 1.82) is 0 Å². The highest BCUT2D eigenvalue weighted by molar-refractivity contribution is 6.02. The Morgan fingerprint density at radius 1 is 1.15 bits per heavy atom. The van der Waals surface area contributed by atoms with Gasteiger partial charge in [-0.15, -0.1) is 0 Å². The van der Waals surface area contributed by atoms with Crippen LogP contribution in [-0.4, -0.2) is 61.4 Å². The largest absolute Gasteiger partial charge is 0.504 e. The van der Waals surface area contributed by atoms with Crippen molar-refractivity contribution < 1.29 is 24.1 Å². The third kappa shape index (κ3) is 4.75. The molecule has 1 unspecified atom stereocenters. The van der Waals surface area contributed by atoms with E-state index in [2.05, 4.69) is 5.32 Å². The second-order valence-electron chi connectivity index (χ2n) is 8.30. The third-order valence-electron chi connectivity index (χ3n) is 6.35. The number of phenolic OH excluding ortho intramolecular Hbond substituents is 1. The van der Waals surface area contributed by atoms with Crippen LogP contribution in [0.4, 0.5) is 4.79 Å². The molecule has 2 aromatic carbocycles. The van der Waals surface area contributed by atoms with Gasteiger partial charge in [0.1, 0.15) is 11.4 Å². The van der Waals surface area contributed by atoms with Crippen LogP contribution >= 0.6 is 0 Å². The van der Waals surface area contributed by atoms with E-state index >= 15 is 0 Å². The summed E-state index contributed by atoms with van der Waals surface area (Å²) >= 11 is 0. The van der Waals surface area contributed by atoms with Crippen LogP contribution in [-0.2, 0) is 4.74 Å². The maximum Gasteiger partial charge on any atom is 0.409 e. The van der Waals surface area contributed by atoms with E-state index in [-0.39, 0.29) is 17.9 Å². The molecule has 2 heterocycles. The van der Waals surface area contributed by atoms with E-state index in [4.69, 9.17) is 19.2 Å². The molecule has 1 amide bonds. The first kappa shape index (κ1) is 22.9. The molecule has 0 aromatic heterocycles. The number of para-hydroxylation sites is 1. The molecule has 8 heteroatoms. The molecule has 1 saturated heterocycles. The average Bonchev–Trinajstić information content (AvgIpc) is 2.84. The van der Waals surface area contributed by atoms with E-state index in [0.717, 1.165) is 22.6 Å². The van der Waals surface area contributed by atoms with Crippen molar-refractivity contribution in [2.75, 3.05) is 33.9 Å². The lowest BCUT2D eigenvalue weighted by Crippen LogP contribution is -2.56. The molecule has 0 saturated carbocycles. The normalized spacial score (nSPS) is 19.7. The summed E-state index contributed by atoms with van der Waals surface area (Å²) in [4.78, 5) is 19.1. The fourth-order valence-corrected chi connectivity index (χ4v) is 4.57. The van der Waals surface area contributed by atoms with Crippen LogP contribution in [0.1, 0.15) is 43.4 Å². The van der Waals surface area contributed by atoms with Crippen molar-refractivity contribution in [3.05, 3.63) is 53.6 Å². The standard InChI is InChI=1S/C25H31N3O5/c1-4-33-24(30)28-14-12-25(13-15-28)26-20(17-8-10-18(31-2)11-9-17)16-21(27-25)19-6-5-7-22(32-3)23(19)29/h5-11,21,27,29H,4,12-16H2,1-3H3. The summed E-state index contributed by atoms with van der Waals surface area (Å²) in [7, 11) is 3.19. The second kappa shape index (κ2) is 9.70. The highest BCUT2D eigenvalue weighted by Crippen LogP contribution is 2.40. The van der Waals surface area contributed by atoms with Crippen LogP contribution in [0.2, 0.25) is 0 Å². The van der Waals surface area contributed by atoms with E-state index in [1.54, 1.807) is 25.2 Å². The Kier molecular flexibility index (Phi) is 6.74. The number of likely N-dealkylation sites (tertiary alicyclic amines) is 1. The topological polar surface area (TPSA) is 92.6 Å². The first-order chi connectivity index (χ1) is 16.0. The average molecular weight is 454 g/mol. The minimum absolute atomic E-state index is 0.132. The van der Waals surface area contributed by atoms with Crippen LogP contribution in [0.15, 0.2) is 47.5 Å². The van der Waals surface area contributed by atoms with Gasteiger partial charge >= 0.3 is 6.09 Å². The summed E-state index contributed by atoms with van der Waals surface area (Å²) in [5.41, 5.74) is 2.18. The van der Waals surface area contributed by atoms with Crippen molar-refractivity contribution in [3.8, 4) is 17.2 Å². The quantitative estimate of drug-likeness (QED) is 0.714. The summed E-state index contributed by atoms with van der Waals surface area (Å²) in [5, 5.41) is 14.5. The number of hydrogen-bond acceptors (Lipinski definition) is 7. The molecule has 2 aliphatic rings. The van der Waals surface area contributed by atoms with Crippen LogP contribution < -0.4 is 14.8 Å². The molecule has 0 aliphatic carbocycles. The SMILES string of the molecule is CCOC(=O)N1CCC2(CC1)N=C(c1ccc(OC)cc1)CC(c1cccc(OC)c1O)N2. The van der Waals surface area contributed by atoms with Crippen molar-refractivity contribution in [3.63, 3.8) is 0 Å². The van der Waals surface area contributed by atoms with Gasteiger partial charge in [0.15, 0.2) is 11.5 Å². The van der Waals surface area contributed by atoms with Crippen molar-refractivity contribution in [2.45, 2.75) is 37.9 Å². The molecular formula is C25H31N3O5. The number of methoxy groups -OCH3 is 2. The Labute approximate surface area is 194 Å². The predicted octanol–water partition coefficient (Wildman–Crippen LogP) is 3.88. The molecular weight excluding hydrogens is 422 g/mol. The van der Waals surface area contributed by atoms with Gasteiger partial charge in [-0.05, 0) is 42.8 Å². The van der Waals surface area contributed by atoms with Gasteiger partial charge in [-0.2, -0.15) is 0 Å². The van der Waals surface area contributed by atoms with E-state index in [1.807, 2.05) is 43.3 Å². The van der Waals surface area contributed by atoms with Crippen LogP contribution in [0.25, 0.3) is 0 Å². The van der Waals surface area contributed by atoms with Gasteiger partial charge < -0.3 is 24.2 Å². The first-order valence-electron chi connectivity index (χ1n) is 11.3. The number of nitrogens with zero attached hydrogens (tertiary/aromatic N) is 2. The number of benzene rings is 2. The van der Waals surface area contributed by atoms with Crippen LogP contribution in [0.5, 0.6) is 17.2 Å². The Hall–Kier alpha value is -3.26. The molecule has 4 rings (SSSR count). The Morgan fingerprint density at radius 2 is 1.88 bits per heavy atom. The zero-order valence-corrected chi connectivity index (χ0v) is 19.3. The fourth-order valence-electron chi connectivity index (χ4n) is 4.57. The third-order valence-corrected chi connectivity index (χ3v) is 6.35. The van der Waals surface area contributed by atoms with Gasteiger partial charge in [0.25, 0.3) is 0 Å². The number of phenols is 1. The summed E-state index contributed by atoms with van der Waals surface area (Å²) in [6.45, 7) is 3.25. The summed E-state index contributed by atoms with van der Waals surface area (Å²) in [6, 6.07) is 13.2. The Balaban J connectivity index is 1.67. The van der Waals surface area contributed by atoms with Gasteiger partial charge in [0.05, 0.1) is 20.8 Å². The Morgan fingerprint density at radius 3 is 2.52 bits per heavy atom. The minimum Gasteiger partial charge on any atom is -0.504 e. The number of piperidine rings is 1. The van der Waals surface area contributed by atoms with Crippen LogP contribution in [0, 0.1) is 0 Å².